The van der Waals surface area contributed by atoms with Crippen LogP contribution in [-0.4, -0.2) is 39.0 Å². The van der Waals surface area contributed by atoms with Crippen molar-refractivity contribution in [2.24, 2.45) is 0 Å². The van der Waals surface area contributed by atoms with Crippen LogP contribution in [0.5, 0.6) is 0 Å². The minimum Gasteiger partial charge on any atom is -0.308 e. The molecule has 15 heteroatoms. The van der Waals surface area contributed by atoms with Crippen molar-refractivity contribution in [3.8, 4) is 51.3 Å². The molecule has 9 nitrogen and oxygen atoms in total. The first-order chi connectivity index (χ1) is 30.6. The van der Waals surface area contributed by atoms with E-state index in [4.69, 9.17) is 0 Å². The quantitative estimate of drug-likeness (QED) is 0.158. The van der Waals surface area contributed by atoms with Crippen molar-refractivity contribution in [3.63, 3.8) is 0 Å². The fourth-order valence-electron chi connectivity index (χ4n) is 8.67. The molecule has 0 saturated heterocycles. The molecule has 0 fully saturated rings. The standard InChI is InChI=1S/C49H31F6N9/c1-25-57-26(2)60-46(59-25)29-13-16-36-34-9-5-7-11-40(34)63(42(36)19-29)44-21-31(33-18-15-32(48(50,51)52)23-39(33)49(53,54)55)22-45(38(44)24-56)64-41-12-8-6-10-35(41)37-17-14-30(20-43(37)64)47-61-27(3)58-28(4)62-47/h5-23H,1-4H3. The smallest absolute Gasteiger partial charge is 0.308 e. The van der Waals surface area contributed by atoms with Crippen LogP contribution in [0.4, 0.5) is 26.3 Å². The molecule has 0 aliphatic heterocycles. The highest BCUT2D eigenvalue weighted by molar-refractivity contribution is 6.12. The Bertz CT molecular complexity index is 3380. The molecule has 0 radical (unpaired) electrons. The van der Waals surface area contributed by atoms with Gasteiger partial charge in [-0.2, -0.15) is 31.6 Å². The maximum Gasteiger partial charge on any atom is 0.417 e. The third kappa shape index (κ3) is 6.66. The topological polar surface area (TPSA) is 111 Å². The second-order valence-electron chi connectivity index (χ2n) is 15.4. The zero-order valence-electron chi connectivity index (χ0n) is 34.3. The van der Waals surface area contributed by atoms with Gasteiger partial charge in [-0.1, -0.05) is 66.7 Å². The number of para-hydroxylation sites is 2. The van der Waals surface area contributed by atoms with E-state index in [9.17, 15) is 18.4 Å². The molecule has 10 aromatic rings. The highest BCUT2D eigenvalue weighted by atomic mass is 19.4. The molecule has 10 rings (SSSR count). The molecule has 6 aromatic carbocycles. The fraction of sp³-hybridized carbons (Fsp3) is 0.122. The van der Waals surface area contributed by atoms with Crippen molar-refractivity contribution in [3.05, 3.63) is 155 Å². The van der Waals surface area contributed by atoms with E-state index in [2.05, 4.69) is 36.0 Å². The van der Waals surface area contributed by atoms with Gasteiger partial charge in [-0.3, -0.25) is 0 Å². The maximum atomic E-state index is 15.1. The number of rotatable bonds is 5. The predicted octanol–water partition coefficient (Wildman–Crippen LogP) is 12.4. The van der Waals surface area contributed by atoms with Gasteiger partial charge in [0.15, 0.2) is 11.6 Å². The SMILES string of the molecule is Cc1nc(C)nc(-c2ccc3c4ccccc4n(-c4cc(-c5ccc(C(F)(F)F)cc5C(F)(F)F)cc(-n5c6ccccc6c6ccc(-c7nc(C)nc(C)n7)cc65)c4C#N)c3c2)n1. The molecule has 0 amide bonds. The average Bonchev–Trinajstić information content (AvgIpc) is 3.76. The molecule has 0 unspecified atom stereocenters. The molecule has 64 heavy (non-hydrogen) atoms. The summed E-state index contributed by atoms with van der Waals surface area (Å²) in [4.78, 5) is 26.9. The summed E-state index contributed by atoms with van der Waals surface area (Å²) < 4.78 is 91.0. The minimum absolute atomic E-state index is 0.0732. The number of benzene rings is 6. The van der Waals surface area contributed by atoms with Crippen LogP contribution in [0, 0.1) is 39.0 Å². The van der Waals surface area contributed by atoms with E-state index in [1.807, 2.05) is 84.9 Å². The summed E-state index contributed by atoms with van der Waals surface area (Å²) >= 11 is 0. The highest BCUT2D eigenvalue weighted by Gasteiger charge is 2.39. The Morgan fingerprint density at radius 3 is 1.31 bits per heavy atom. The van der Waals surface area contributed by atoms with Crippen molar-refractivity contribution in [2.45, 2.75) is 40.0 Å². The van der Waals surface area contributed by atoms with Gasteiger partial charge in [-0.15, -0.1) is 0 Å². The number of alkyl halides is 6. The molecule has 314 valence electrons. The summed E-state index contributed by atoms with van der Waals surface area (Å²) in [5, 5.41) is 14.5. The number of halogens is 6. The highest BCUT2D eigenvalue weighted by Crippen LogP contribution is 2.45. The second kappa shape index (κ2) is 14.6. The summed E-state index contributed by atoms with van der Waals surface area (Å²) in [6.45, 7) is 7.00. The van der Waals surface area contributed by atoms with Crippen LogP contribution in [0.3, 0.4) is 0 Å². The fourth-order valence-corrected chi connectivity index (χ4v) is 8.67. The Kier molecular flexibility index (Phi) is 9.12. The lowest BCUT2D eigenvalue weighted by Gasteiger charge is -2.21. The summed E-state index contributed by atoms with van der Waals surface area (Å²) in [6.07, 6.45) is -10.2. The lowest BCUT2D eigenvalue weighted by Crippen LogP contribution is -2.12. The maximum absolute atomic E-state index is 15.1. The van der Waals surface area contributed by atoms with Crippen LogP contribution >= 0.6 is 0 Å². The molecule has 0 aliphatic rings. The van der Waals surface area contributed by atoms with Gasteiger partial charge >= 0.3 is 12.4 Å². The molecule has 0 N–H and O–H groups in total. The van der Waals surface area contributed by atoms with Crippen LogP contribution in [0.1, 0.15) is 40.0 Å². The summed E-state index contributed by atoms with van der Waals surface area (Å²) in [7, 11) is 0. The largest absolute Gasteiger partial charge is 0.417 e. The molecule has 0 saturated carbocycles. The lowest BCUT2D eigenvalue weighted by atomic mass is 9.94. The summed E-state index contributed by atoms with van der Waals surface area (Å²) in [5.41, 5.74) is 0.506. The van der Waals surface area contributed by atoms with Gasteiger partial charge in [0.2, 0.25) is 0 Å². The molecular formula is C49H31F6N9. The minimum atomic E-state index is -5.20. The number of nitriles is 1. The van der Waals surface area contributed by atoms with Crippen molar-refractivity contribution in [1.29, 1.82) is 5.26 Å². The number of hydrogen-bond acceptors (Lipinski definition) is 7. The molecular weight excluding hydrogens is 829 g/mol. The van der Waals surface area contributed by atoms with Crippen molar-refractivity contribution in [2.75, 3.05) is 0 Å². The Labute approximate surface area is 360 Å². The van der Waals surface area contributed by atoms with Crippen LogP contribution < -0.4 is 0 Å². The molecule has 0 bridgehead atoms. The predicted molar refractivity (Wildman–Crippen MR) is 232 cm³/mol. The van der Waals surface area contributed by atoms with Gasteiger partial charge in [-0.25, -0.2) is 29.9 Å². The summed E-state index contributed by atoms with van der Waals surface area (Å²) in [6, 6.07) is 32.9. The van der Waals surface area contributed by atoms with E-state index in [1.165, 1.54) is 12.1 Å². The number of hydrogen-bond donors (Lipinski definition) is 0. The van der Waals surface area contributed by atoms with Crippen LogP contribution in [-0.2, 0) is 12.4 Å². The molecule has 4 heterocycles. The third-order valence-corrected chi connectivity index (χ3v) is 11.2. The van der Waals surface area contributed by atoms with Gasteiger partial charge in [0, 0.05) is 32.7 Å². The van der Waals surface area contributed by atoms with Crippen molar-refractivity contribution in [1.82, 2.24) is 39.0 Å². The zero-order chi connectivity index (χ0) is 44.8. The Morgan fingerprint density at radius 2 is 0.891 bits per heavy atom. The van der Waals surface area contributed by atoms with E-state index in [1.54, 1.807) is 36.8 Å². The molecule has 0 spiro atoms. The normalized spacial score (nSPS) is 12.2. The number of fused-ring (bicyclic) bond motifs is 6. The third-order valence-electron chi connectivity index (χ3n) is 11.2. The van der Waals surface area contributed by atoms with E-state index in [0.29, 0.717) is 74.2 Å². The second-order valence-corrected chi connectivity index (χ2v) is 15.4. The summed E-state index contributed by atoms with van der Waals surface area (Å²) in [5.74, 6) is 2.78. The van der Waals surface area contributed by atoms with Gasteiger partial charge in [0.05, 0.1) is 44.6 Å². The van der Waals surface area contributed by atoms with E-state index in [-0.39, 0.29) is 28.6 Å². The van der Waals surface area contributed by atoms with Crippen molar-refractivity contribution >= 4 is 43.6 Å². The monoisotopic (exact) mass is 859 g/mol. The van der Waals surface area contributed by atoms with E-state index >= 15 is 13.2 Å². The number of aromatic nitrogens is 8. The Balaban J connectivity index is 1.36. The lowest BCUT2D eigenvalue weighted by molar-refractivity contribution is -0.142. The average molecular weight is 860 g/mol. The van der Waals surface area contributed by atoms with Gasteiger partial charge in [0.1, 0.15) is 34.9 Å². The van der Waals surface area contributed by atoms with Crippen molar-refractivity contribution < 1.29 is 26.3 Å². The van der Waals surface area contributed by atoms with Gasteiger partial charge in [-0.05, 0) is 87.4 Å². The first-order valence-electron chi connectivity index (χ1n) is 19.9. The molecule has 0 aliphatic carbocycles. The first-order valence-corrected chi connectivity index (χ1v) is 19.9. The van der Waals surface area contributed by atoms with Crippen LogP contribution in [0.2, 0.25) is 0 Å². The number of nitrogens with zero attached hydrogens (tertiary/aromatic N) is 9. The van der Waals surface area contributed by atoms with E-state index < -0.39 is 29.0 Å². The van der Waals surface area contributed by atoms with E-state index in [0.717, 1.165) is 27.6 Å². The van der Waals surface area contributed by atoms with Gasteiger partial charge in [0.25, 0.3) is 0 Å². The Morgan fingerprint density at radius 1 is 0.453 bits per heavy atom. The van der Waals surface area contributed by atoms with Gasteiger partial charge < -0.3 is 9.13 Å². The molecule has 0 atom stereocenters. The number of aryl methyl sites for hydroxylation is 4. The van der Waals surface area contributed by atoms with Crippen LogP contribution in [0.15, 0.2) is 115 Å². The Hall–Kier alpha value is -7.99. The van der Waals surface area contributed by atoms with Crippen LogP contribution in [0.25, 0.3) is 88.9 Å². The zero-order valence-corrected chi connectivity index (χ0v) is 34.3. The molecule has 4 aromatic heterocycles. The first kappa shape index (κ1) is 40.1.